The van der Waals surface area contributed by atoms with Crippen molar-refractivity contribution in [2.24, 2.45) is 35.2 Å². The molecular formula is C73H57N19S+4. The van der Waals surface area contributed by atoms with Crippen molar-refractivity contribution in [1.82, 2.24) is 71.8 Å². The fourth-order valence-electron chi connectivity index (χ4n) is 15.1. The number of hydrogen-bond acceptors (Lipinski definition) is 9. The lowest BCUT2D eigenvalue weighted by molar-refractivity contribution is -0.648. The van der Waals surface area contributed by atoms with Gasteiger partial charge in [-0.15, -0.1) is 0 Å². The van der Waals surface area contributed by atoms with E-state index in [1.165, 1.54) is 70.5 Å². The summed E-state index contributed by atoms with van der Waals surface area (Å²) in [6, 6.07) is 53.6. The van der Waals surface area contributed by atoms with Crippen molar-refractivity contribution in [2.75, 3.05) is 0 Å². The topological polar surface area (TPSA) is 153 Å². The van der Waals surface area contributed by atoms with Gasteiger partial charge in [0, 0.05) is 71.8 Å². The van der Waals surface area contributed by atoms with Gasteiger partial charge in [0.25, 0.3) is 34.4 Å². The van der Waals surface area contributed by atoms with Gasteiger partial charge < -0.3 is 0 Å². The number of benzene rings is 2. The molecule has 0 radical (unpaired) electrons. The Morgan fingerprint density at radius 1 is 0.333 bits per heavy atom. The first-order chi connectivity index (χ1) is 47.0. The molecule has 20 heteroatoms. The molecule has 18 aromatic rings. The molecule has 0 fully saturated rings. The van der Waals surface area contributed by atoms with E-state index in [0.717, 1.165) is 109 Å². The standard InChI is InChI=1S/C21H16N5.C20H13N4S.2C16H14N5/c1-24-18-16-10-6-12-23-19(16)26(15-8-3-2-4-9-15)21(18)25-13-14-7-5-11-22-17(14)20(24)25;1-2-7-14(8-3-1)24-17-15-9-5-11-22-18(15)25-20(17)23-12-13-6-4-10-21-16(13)19(23)24;2*1-19-13-11-6-4-8-18-14(11)20(2)16(13)21-9-10-5-3-7-17-12(10)15(19)21/h2-12H,13H2,1H3;1-11H,12H2;2*3-8H,9H2,1-2H3/q4*+1/i;;2D3;. The third-order valence-electron chi connectivity index (χ3n) is 18.9. The number of hydrogen-bond donors (Lipinski definition) is 0. The fraction of sp³-hybridized carbons (Fsp3) is 0.123. The summed E-state index contributed by atoms with van der Waals surface area (Å²) in [6.07, 6.45) is 14.6. The molecule has 0 atom stereocenters. The van der Waals surface area contributed by atoms with Gasteiger partial charge in [-0.3, -0.25) is 13.7 Å². The molecule has 446 valence electrons. The van der Waals surface area contributed by atoms with Crippen LogP contribution in [0.1, 0.15) is 26.4 Å². The van der Waals surface area contributed by atoms with E-state index in [4.69, 9.17) is 9.10 Å². The van der Waals surface area contributed by atoms with Crippen LogP contribution in [0, 0.1) is 0 Å². The van der Waals surface area contributed by atoms with Crippen LogP contribution in [0.5, 0.6) is 0 Å². The summed E-state index contributed by atoms with van der Waals surface area (Å²) >= 11 is 1.76. The molecule has 20 heterocycles. The van der Waals surface area contributed by atoms with Crippen LogP contribution >= 0.6 is 11.3 Å². The van der Waals surface area contributed by atoms with Crippen LogP contribution in [0.25, 0.3) is 145 Å². The third-order valence-corrected chi connectivity index (χ3v) is 20.0. The lowest BCUT2D eigenvalue weighted by Crippen LogP contribution is -2.33. The molecule has 0 amide bonds. The maximum Gasteiger partial charge on any atom is 0.315 e. The highest BCUT2D eigenvalue weighted by Gasteiger charge is 2.41. The van der Waals surface area contributed by atoms with E-state index < -0.39 is 6.98 Å². The minimum Gasteiger partial charge on any atom is -0.254 e. The Labute approximate surface area is 538 Å². The van der Waals surface area contributed by atoms with Crippen molar-refractivity contribution < 1.29 is 22.4 Å². The van der Waals surface area contributed by atoms with E-state index in [-0.39, 0.29) is 0 Å². The Balaban J connectivity index is 0.0000000905. The number of aryl methyl sites for hydroxylation is 5. The van der Waals surface area contributed by atoms with Crippen LogP contribution < -0.4 is 18.3 Å². The number of para-hydroxylation sites is 2. The average Bonchev–Trinajstić information content (AvgIpc) is 1.56. The van der Waals surface area contributed by atoms with E-state index in [0.29, 0.717) is 17.8 Å². The molecule has 0 spiro atoms. The summed E-state index contributed by atoms with van der Waals surface area (Å²) in [6.45, 7) is 0.877. The fourth-order valence-corrected chi connectivity index (χ4v) is 16.2. The molecular weight excluding hydrogens is 1180 g/mol. The van der Waals surface area contributed by atoms with Crippen molar-refractivity contribution in [1.29, 1.82) is 0 Å². The molecule has 0 saturated carbocycles. The minimum atomic E-state index is -2.31. The highest BCUT2D eigenvalue weighted by Crippen LogP contribution is 2.41. The molecule has 22 rings (SSSR count). The Kier molecular flexibility index (Phi) is 10.8. The first-order valence-electron chi connectivity index (χ1n) is 32.3. The number of pyridine rings is 8. The smallest absolute Gasteiger partial charge is 0.254 e. The van der Waals surface area contributed by atoms with Crippen LogP contribution in [0.3, 0.4) is 0 Å². The summed E-state index contributed by atoms with van der Waals surface area (Å²) in [4.78, 5) is 38.9. The van der Waals surface area contributed by atoms with Crippen LogP contribution in [0.2, 0.25) is 0 Å². The number of thiophene rings is 1. The van der Waals surface area contributed by atoms with Gasteiger partial charge in [-0.25, -0.2) is 71.8 Å². The van der Waals surface area contributed by atoms with Crippen molar-refractivity contribution in [3.8, 4) is 57.4 Å². The number of nitrogens with zero attached hydrogens (tertiary/aromatic N) is 19. The van der Waals surface area contributed by atoms with Crippen molar-refractivity contribution >= 4 is 98.5 Å². The molecule has 0 unspecified atom stereocenters. The number of rotatable bonds is 2. The van der Waals surface area contributed by atoms with E-state index in [2.05, 4.69) is 184 Å². The average molecular weight is 1240 g/mol. The molecule has 4 aliphatic rings. The van der Waals surface area contributed by atoms with Crippen molar-refractivity contribution in [3.05, 3.63) is 230 Å². The molecule has 0 aliphatic carbocycles. The zero-order valence-electron chi connectivity index (χ0n) is 53.9. The Hall–Kier alpha value is -11.9. The van der Waals surface area contributed by atoms with Crippen LogP contribution in [-0.4, -0.2) is 71.8 Å². The predicted octanol–water partition coefficient (Wildman–Crippen LogP) is 10.7. The second-order valence-electron chi connectivity index (χ2n) is 23.8. The minimum absolute atomic E-state index is 0.484. The lowest BCUT2D eigenvalue weighted by atomic mass is 10.2. The van der Waals surface area contributed by atoms with Crippen molar-refractivity contribution in [3.63, 3.8) is 0 Å². The summed E-state index contributed by atoms with van der Waals surface area (Å²) in [5, 5.41) is 4.39. The molecule has 4 aliphatic heterocycles. The van der Waals surface area contributed by atoms with Gasteiger partial charge in [-0.1, -0.05) is 72.0 Å². The molecule has 19 nitrogen and oxygen atoms in total. The SMILES string of the molecule is Cn1c2[n+](c3c1c1cccnc1n3-c1ccccc1)Cc1cccnc1-2.Cn1c2[n+](c3c1c1cccnc1n3C)Cc1cccnc1-2.[2H]C([2H])([2H])n1c2ncccc2c2c1[n+]1c(n2C)-c2ncccc2C1.c1ccc(-n2c3[n+](c4sc5ncccc5c42)Cc2cccnc2-3)cc1. The van der Waals surface area contributed by atoms with E-state index in [9.17, 15) is 0 Å². The summed E-state index contributed by atoms with van der Waals surface area (Å²) < 4.78 is 47.8. The number of imidazole rings is 4. The maximum atomic E-state index is 8.00. The molecule has 0 saturated heterocycles. The second-order valence-corrected chi connectivity index (χ2v) is 24.8. The highest BCUT2D eigenvalue weighted by molar-refractivity contribution is 7.24. The van der Waals surface area contributed by atoms with Crippen LogP contribution in [0.4, 0.5) is 0 Å². The monoisotopic (exact) mass is 1230 g/mol. The summed E-state index contributed by atoms with van der Waals surface area (Å²) in [5.74, 6) is 4.42. The lowest BCUT2D eigenvalue weighted by Gasteiger charge is -2.02. The summed E-state index contributed by atoms with van der Waals surface area (Å²) in [7, 11) is 8.28. The van der Waals surface area contributed by atoms with Gasteiger partial charge >= 0.3 is 5.82 Å². The van der Waals surface area contributed by atoms with Gasteiger partial charge in [0.1, 0.15) is 39.8 Å². The Bertz CT molecular complexity index is 6280. The van der Waals surface area contributed by atoms with Crippen LogP contribution in [0.15, 0.2) is 207 Å². The van der Waals surface area contributed by atoms with Gasteiger partial charge in [-0.2, -0.15) is 4.57 Å². The van der Waals surface area contributed by atoms with E-state index >= 15 is 0 Å². The normalized spacial score (nSPS) is 13.4. The van der Waals surface area contributed by atoms with E-state index in [1.54, 1.807) is 23.7 Å². The quantitative estimate of drug-likeness (QED) is 0.155. The zero-order chi connectivity index (χ0) is 64.4. The maximum absolute atomic E-state index is 8.00. The van der Waals surface area contributed by atoms with Crippen molar-refractivity contribution in [2.45, 2.75) is 26.2 Å². The molecule has 2 aromatic carbocycles. The third kappa shape index (κ3) is 7.45. The van der Waals surface area contributed by atoms with Gasteiger partial charge in [0.2, 0.25) is 27.3 Å². The first-order valence-corrected chi connectivity index (χ1v) is 31.6. The Morgan fingerprint density at radius 3 is 1.22 bits per heavy atom. The number of fused-ring (bicyclic) bond motifs is 28. The number of aromatic nitrogens is 19. The highest BCUT2D eigenvalue weighted by atomic mass is 32.1. The summed E-state index contributed by atoms with van der Waals surface area (Å²) in [5.41, 5.74) is 21.4. The molecule has 16 aromatic heterocycles. The predicted molar refractivity (Wildman–Crippen MR) is 358 cm³/mol. The molecule has 0 bridgehead atoms. The first kappa shape index (κ1) is 49.9. The molecule has 0 N–H and O–H groups in total. The second kappa shape index (κ2) is 20.1. The molecule has 93 heavy (non-hydrogen) atoms. The van der Waals surface area contributed by atoms with Gasteiger partial charge in [0.05, 0.1) is 80.5 Å². The van der Waals surface area contributed by atoms with Gasteiger partial charge in [-0.05, 0) is 97.1 Å². The van der Waals surface area contributed by atoms with Gasteiger partial charge in [0.15, 0.2) is 22.2 Å². The Morgan fingerprint density at radius 2 is 0.710 bits per heavy atom. The zero-order valence-corrected chi connectivity index (χ0v) is 51.7. The largest absolute Gasteiger partial charge is 0.315 e. The van der Waals surface area contributed by atoms with Crippen LogP contribution in [-0.2, 0) is 61.3 Å². The van der Waals surface area contributed by atoms with E-state index in [1.807, 2.05) is 120 Å².